The minimum Gasteiger partial charge on any atom is -0.493 e. The van der Waals surface area contributed by atoms with Gasteiger partial charge in [0, 0.05) is 13.2 Å². The highest BCUT2D eigenvalue weighted by Gasteiger charge is 2.40. The lowest BCUT2D eigenvalue weighted by Crippen LogP contribution is -2.26. The minimum atomic E-state index is -4.90. The Hall–Kier alpha value is -2.80. The van der Waals surface area contributed by atoms with E-state index in [1.54, 1.807) is 6.92 Å². The standard InChI is InChI=1S/C41H56F8O5/c1-4-50-35-22-21-34(37(39(35)43)41(47,48)49)54-26-30-14-18-32(19-15-30)52-24-8-6-10-27(2)9-5-7-23-51-31-16-12-29(13-17-31)25-53-33-20-11-28(3)38(42)36(33)40(44,45)46/h11,20-22,27,29-32H,4-10,12-19,23-26H2,1-3H3. The molecule has 13 heteroatoms. The summed E-state index contributed by atoms with van der Waals surface area (Å²) >= 11 is 0. The molecule has 2 aromatic rings. The van der Waals surface area contributed by atoms with Crippen molar-refractivity contribution in [1.82, 2.24) is 0 Å². The molecule has 0 spiro atoms. The van der Waals surface area contributed by atoms with E-state index in [-0.39, 0.29) is 49.4 Å². The molecule has 4 rings (SSSR count). The van der Waals surface area contributed by atoms with Crippen LogP contribution in [0.25, 0.3) is 0 Å². The molecule has 0 aliphatic heterocycles. The maximum absolute atomic E-state index is 14.5. The van der Waals surface area contributed by atoms with Gasteiger partial charge in [0.15, 0.2) is 11.6 Å². The molecule has 0 saturated heterocycles. The predicted octanol–water partition coefficient (Wildman–Crippen LogP) is 12.3. The average molecular weight is 781 g/mol. The number of hydrogen-bond donors (Lipinski definition) is 0. The Kier molecular flexibility index (Phi) is 17.0. The first-order valence-corrected chi connectivity index (χ1v) is 19.5. The molecule has 0 radical (unpaired) electrons. The number of ether oxygens (including phenoxy) is 5. The van der Waals surface area contributed by atoms with Gasteiger partial charge in [0.1, 0.15) is 28.4 Å². The summed E-state index contributed by atoms with van der Waals surface area (Å²) in [7, 11) is 0. The monoisotopic (exact) mass is 780 g/mol. The molecule has 0 N–H and O–H groups in total. The maximum Gasteiger partial charge on any atom is 0.422 e. The second kappa shape index (κ2) is 20.9. The van der Waals surface area contributed by atoms with Crippen LogP contribution in [-0.4, -0.2) is 45.2 Å². The number of hydrogen-bond acceptors (Lipinski definition) is 5. The lowest BCUT2D eigenvalue weighted by Gasteiger charge is -2.29. The second-order valence-corrected chi connectivity index (χ2v) is 15.0. The van der Waals surface area contributed by atoms with Crippen molar-refractivity contribution < 1.29 is 58.8 Å². The van der Waals surface area contributed by atoms with E-state index < -0.39 is 52.4 Å². The molecule has 2 saturated carbocycles. The Bertz CT molecular complexity index is 1420. The van der Waals surface area contributed by atoms with Crippen molar-refractivity contribution in [3.05, 3.63) is 52.6 Å². The van der Waals surface area contributed by atoms with Gasteiger partial charge in [-0.1, -0.05) is 38.7 Å². The highest BCUT2D eigenvalue weighted by Crippen LogP contribution is 2.42. The lowest BCUT2D eigenvalue weighted by molar-refractivity contribution is -0.142. The molecule has 306 valence electrons. The van der Waals surface area contributed by atoms with Gasteiger partial charge in [-0.3, -0.25) is 0 Å². The van der Waals surface area contributed by atoms with E-state index in [4.69, 9.17) is 23.7 Å². The fraction of sp³-hybridized carbons (Fsp3) is 0.707. The summed E-state index contributed by atoms with van der Waals surface area (Å²) < 4.78 is 138. The summed E-state index contributed by atoms with van der Waals surface area (Å²) in [5.74, 6) is -3.36. The van der Waals surface area contributed by atoms with Crippen LogP contribution in [0.5, 0.6) is 17.2 Å². The largest absolute Gasteiger partial charge is 0.493 e. The number of rotatable bonds is 20. The Morgan fingerprint density at radius 3 is 1.46 bits per heavy atom. The predicted molar refractivity (Wildman–Crippen MR) is 190 cm³/mol. The molecule has 2 aliphatic carbocycles. The fourth-order valence-electron chi connectivity index (χ4n) is 7.42. The summed E-state index contributed by atoms with van der Waals surface area (Å²) in [6, 6.07) is 4.80. The first kappa shape index (κ1) is 43.9. The Balaban J connectivity index is 0.995. The zero-order valence-electron chi connectivity index (χ0n) is 31.7. The van der Waals surface area contributed by atoms with E-state index in [1.807, 2.05) is 0 Å². The van der Waals surface area contributed by atoms with Crippen LogP contribution < -0.4 is 14.2 Å². The zero-order valence-corrected chi connectivity index (χ0v) is 31.7. The van der Waals surface area contributed by atoms with Crippen LogP contribution in [0.1, 0.15) is 120 Å². The molecule has 54 heavy (non-hydrogen) atoms. The highest BCUT2D eigenvalue weighted by molar-refractivity contribution is 5.44. The van der Waals surface area contributed by atoms with E-state index in [9.17, 15) is 35.1 Å². The fourth-order valence-corrected chi connectivity index (χ4v) is 7.42. The van der Waals surface area contributed by atoms with Gasteiger partial charge in [0.25, 0.3) is 0 Å². The van der Waals surface area contributed by atoms with E-state index in [0.29, 0.717) is 19.1 Å². The van der Waals surface area contributed by atoms with Crippen LogP contribution in [0.2, 0.25) is 0 Å². The Morgan fingerprint density at radius 2 is 1.02 bits per heavy atom. The number of benzene rings is 2. The van der Waals surface area contributed by atoms with Crippen molar-refractivity contribution in [1.29, 1.82) is 0 Å². The van der Waals surface area contributed by atoms with Crippen molar-refractivity contribution in [2.45, 2.75) is 135 Å². The molecule has 0 bridgehead atoms. The highest BCUT2D eigenvalue weighted by atomic mass is 19.4. The molecule has 0 aromatic heterocycles. The van der Waals surface area contributed by atoms with Crippen LogP contribution in [-0.2, 0) is 21.8 Å². The van der Waals surface area contributed by atoms with Crippen molar-refractivity contribution in [3.63, 3.8) is 0 Å². The van der Waals surface area contributed by atoms with Crippen LogP contribution in [0.15, 0.2) is 24.3 Å². The SMILES string of the molecule is CCOc1ccc(OCC2CCC(OCCCCC(C)CCCCOC3CCC(COc4ccc(C)c(F)c4C(F)(F)F)CC3)CC2)c(C(F)(F)F)c1F. The summed E-state index contributed by atoms with van der Waals surface area (Å²) in [4.78, 5) is 0. The molecule has 5 nitrogen and oxygen atoms in total. The van der Waals surface area contributed by atoms with E-state index >= 15 is 0 Å². The van der Waals surface area contributed by atoms with E-state index in [2.05, 4.69) is 6.92 Å². The maximum atomic E-state index is 14.5. The lowest BCUT2D eigenvalue weighted by atomic mass is 9.88. The molecule has 1 atom stereocenters. The molecule has 2 fully saturated rings. The molecular formula is C41H56F8O5. The van der Waals surface area contributed by atoms with Crippen LogP contribution in [0.3, 0.4) is 0 Å². The zero-order chi connectivity index (χ0) is 39.3. The number of aryl methyl sites for hydroxylation is 1. The quantitative estimate of drug-likeness (QED) is 0.0989. The van der Waals surface area contributed by atoms with Gasteiger partial charge in [-0.2, -0.15) is 26.3 Å². The first-order valence-electron chi connectivity index (χ1n) is 19.5. The Labute approximate surface area is 314 Å². The molecule has 1 unspecified atom stereocenters. The number of unbranched alkanes of at least 4 members (excludes halogenated alkanes) is 2. The van der Waals surface area contributed by atoms with Crippen molar-refractivity contribution in [2.24, 2.45) is 17.8 Å². The number of halogens is 8. The summed E-state index contributed by atoms with van der Waals surface area (Å²) in [6.45, 7) is 6.76. The van der Waals surface area contributed by atoms with Crippen molar-refractivity contribution >= 4 is 0 Å². The molecule has 2 aliphatic rings. The third-order valence-corrected chi connectivity index (χ3v) is 10.7. The molecule has 2 aromatic carbocycles. The van der Waals surface area contributed by atoms with E-state index in [1.165, 1.54) is 25.1 Å². The Morgan fingerprint density at radius 1 is 0.593 bits per heavy atom. The minimum absolute atomic E-state index is 0.0508. The van der Waals surface area contributed by atoms with Gasteiger partial charge in [0.2, 0.25) is 0 Å². The van der Waals surface area contributed by atoms with Gasteiger partial charge < -0.3 is 23.7 Å². The van der Waals surface area contributed by atoms with Gasteiger partial charge >= 0.3 is 12.4 Å². The summed E-state index contributed by atoms with van der Waals surface area (Å²) in [5.41, 5.74) is -2.83. The average Bonchev–Trinajstić information content (AvgIpc) is 3.12. The van der Waals surface area contributed by atoms with Crippen LogP contribution in [0, 0.1) is 36.3 Å². The summed E-state index contributed by atoms with van der Waals surface area (Å²) in [6.07, 6.45) is 3.31. The summed E-state index contributed by atoms with van der Waals surface area (Å²) in [5, 5.41) is 0. The normalized spacial score (nSPS) is 21.5. The van der Waals surface area contributed by atoms with Gasteiger partial charge in [-0.25, -0.2) is 8.78 Å². The third kappa shape index (κ3) is 13.4. The van der Waals surface area contributed by atoms with Gasteiger partial charge in [-0.05, 0) is 120 Å². The molecular weight excluding hydrogens is 724 g/mol. The van der Waals surface area contributed by atoms with Crippen molar-refractivity contribution in [3.8, 4) is 17.2 Å². The smallest absolute Gasteiger partial charge is 0.422 e. The molecule has 0 heterocycles. The second-order valence-electron chi connectivity index (χ2n) is 15.0. The molecule has 0 amide bonds. The van der Waals surface area contributed by atoms with Gasteiger partial charge in [0.05, 0.1) is 32.0 Å². The first-order chi connectivity index (χ1) is 25.7. The van der Waals surface area contributed by atoms with Crippen LogP contribution in [0.4, 0.5) is 35.1 Å². The van der Waals surface area contributed by atoms with E-state index in [0.717, 1.165) is 96.0 Å². The topological polar surface area (TPSA) is 46.2 Å². The van der Waals surface area contributed by atoms with Crippen LogP contribution >= 0.6 is 0 Å². The number of alkyl halides is 6. The third-order valence-electron chi connectivity index (χ3n) is 10.7. The van der Waals surface area contributed by atoms with Gasteiger partial charge in [-0.15, -0.1) is 0 Å². The van der Waals surface area contributed by atoms with Crippen molar-refractivity contribution in [2.75, 3.05) is 33.0 Å².